The fourth-order valence-corrected chi connectivity index (χ4v) is 3.64. The highest BCUT2D eigenvalue weighted by atomic mass is 19.2. The quantitative estimate of drug-likeness (QED) is 0.557. The molecular formula is C20H18F4O3. The van der Waals surface area contributed by atoms with Crippen LogP contribution in [0.5, 0.6) is 0 Å². The van der Waals surface area contributed by atoms with Crippen LogP contribution in [0, 0.1) is 28.7 Å². The van der Waals surface area contributed by atoms with Gasteiger partial charge in [-0.3, -0.25) is 0 Å². The van der Waals surface area contributed by atoms with E-state index < -0.39 is 29.2 Å². The minimum absolute atomic E-state index is 0.0695. The molecule has 3 saturated heterocycles. The van der Waals surface area contributed by atoms with Gasteiger partial charge in [0, 0.05) is 16.5 Å². The molecule has 7 heteroatoms. The van der Waals surface area contributed by atoms with Gasteiger partial charge in [-0.15, -0.1) is 0 Å². The van der Waals surface area contributed by atoms with Crippen LogP contribution in [0.4, 0.5) is 17.6 Å². The average molecular weight is 382 g/mol. The van der Waals surface area contributed by atoms with E-state index in [0.29, 0.717) is 25.4 Å². The summed E-state index contributed by atoms with van der Waals surface area (Å²) in [6, 6.07) is 5.49. The van der Waals surface area contributed by atoms with Gasteiger partial charge < -0.3 is 14.2 Å². The smallest absolute Gasteiger partial charge is 0.312 e. The highest BCUT2D eigenvalue weighted by molar-refractivity contribution is 5.65. The summed E-state index contributed by atoms with van der Waals surface area (Å²) in [5.74, 6) is -6.58. The number of rotatable bonds is 4. The highest BCUT2D eigenvalue weighted by Crippen LogP contribution is 2.46. The SMILES string of the molecule is CCCC12COC(c3ccc(-c4cc(F)c(F)c(F)c4)c(F)c3)(OC1)OC2. The van der Waals surface area contributed by atoms with Crippen LogP contribution in [0.3, 0.4) is 0 Å². The Morgan fingerprint density at radius 2 is 1.44 bits per heavy atom. The topological polar surface area (TPSA) is 27.7 Å². The molecule has 2 bridgehead atoms. The monoisotopic (exact) mass is 382 g/mol. The molecule has 144 valence electrons. The molecule has 3 nitrogen and oxygen atoms in total. The molecule has 27 heavy (non-hydrogen) atoms. The second-order valence-corrected chi connectivity index (χ2v) is 7.12. The Kier molecular flexibility index (Phi) is 4.49. The first-order valence-corrected chi connectivity index (χ1v) is 8.75. The van der Waals surface area contributed by atoms with Crippen molar-refractivity contribution in [1.29, 1.82) is 0 Å². The van der Waals surface area contributed by atoms with E-state index in [2.05, 4.69) is 6.92 Å². The van der Waals surface area contributed by atoms with E-state index in [9.17, 15) is 17.6 Å². The molecule has 0 saturated carbocycles. The molecule has 0 N–H and O–H groups in total. The second-order valence-electron chi connectivity index (χ2n) is 7.12. The molecule has 3 aliphatic heterocycles. The van der Waals surface area contributed by atoms with Crippen LogP contribution in [0.2, 0.25) is 0 Å². The summed E-state index contributed by atoms with van der Waals surface area (Å²) in [5.41, 5.74) is -0.0422. The Morgan fingerprint density at radius 1 is 0.852 bits per heavy atom. The van der Waals surface area contributed by atoms with Crippen LogP contribution in [0.1, 0.15) is 25.3 Å². The van der Waals surface area contributed by atoms with Crippen molar-refractivity contribution < 1.29 is 31.8 Å². The number of benzene rings is 2. The predicted molar refractivity (Wildman–Crippen MR) is 88.6 cm³/mol. The molecule has 3 aliphatic rings. The second kappa shape index (κ2) is 6.58. The molecule has 3 fully saturated rings. The van der Waals surface area contributed by atoms with E-state index >= 15 is 0 Å². The van der Waals surface area contributed by atoms with Gasteiger partial charge in [0.2, 0.25) is 0 Å². The summed E-state index contributed by atoms with van der Waals surface area (Å²) in [6.07, 6.45) is 1.87. The van der Waals surface area contributed by atoms with Gasteiger partial charge in [-0.25, -0.2) is 17.6 Å². The molecule has 2 aromatic carbocycles. The zero-order valence-corrected chi connectivity index (χ0v) is 14.7. The predicted octanol–water partition coefficient (Wildman–Crippen LogP) is 4.88. The van der Waals surface area contributed by atoms with Gasteiger partial charge in [-0.05, 0) is 30.2 Å². The maximum Gasteiger partial charge on any atom is 0.312 e. The molecular weight excluding hydrogens is 364 g/mol. The number of hydrogen-bond donors (Lipinski definition) is 0. The van der Waals surface area contributed by atoms with Crippen molar-refractivity contribution in [3.8, 4) is 11.1 Å². The normalized spacial score (nSPS) is 27.1. The van der Waals surface area contributed by atoms with E-state index in [1.54, 1.807) is 0 Å². The van der Waals surface area contributed by atoms with Gasteiger partial charge in [0.1, 0.15) is 5.82 Å². The zero-order valence-electron chi connectivity index (χ0n) is 14.7. The first-order chi connectivity index (χ1) is 12.9. The van der Waals surface area contributed by atoms with Crippen LogP contribution in [0.15, 0.2) is 30.3 Å². The molecule has 2 aromatic rings. The number of hydrogen-bond acceptors (Lipinski definition) is 3. The maximum absolute atomic E-state index is 14.7. The van der Waals surface area contributed by atoms with Crippen molar-refractivity contribution in [2.75, 3.05) is 19.8 Å². The van der Waals surface area contributed by atoms with Gasteiger partial charge in [0.05, 0.1) is 19.8 Å². The molecule has 0 aliphatic carbocycles. The fourth-order valence-electron chi connectivity index (χ4n) is 3.64. The Balaban J connectivity index is 1.64. The van der Waals surface area contributed by atoms with Crippen LogP contribution < -0.4 is 0 Å². The van der Waals surface area contributed by atoms with E-state index in [0.717, 1.165) is 31.0 Å². The molecule has 0 aromatic heterocycles. The number of ether oxygens (including phenoxy) is 3. The molecule has 0 unspecified atom stereocenters. The van der Waals surface area contributed by atoms with Crippen molar-refractivity contribution in [2.24, 2.45) is 5.41 Å². The largest absolute Gasteiger partial charge is 0.323 e. The van der Waals surface area contributed by atoms with E-state index in [4.69, 9.17) is 14.2 Å². The van der Waals surface area contributed by atoms with Crippen molar-refractivity contribution in [2.45, 2.75) is 25.7 Å². The minimum atomic E-state index is -1.59. The van der Waals surface area contributed by atoms with Gasteiger partial charge in [0.25, 0.3) is 0 Å². The standard InChI is InChI=1S/C20H18F4O3/c1-2-5-19-9-25-20(26-10-19,27-11-19)13-3-4-14(15(21)8-13)12-6-16(22)18(24)17(23)7-12/h3-4,6-8H,2,5,9-11H2,1H3. The first kappa shape index (κ1) is 18.4. The third kappa shape index (κ3) is 3.03. The Labute approximate surface area is 153 Å². The van der Waals surface area contributed by atoms with E-state index in [1.165, 1.54) is 12.1 Å². The third-order valence-corrected chi connectivity index (χ3v) is 5.10. The lowest BCUT2D eigenvalue weighted by Crippen LogP contribution is -2.58. The van der Waals surface area contributed by atoms with Crippen molar-refractivity contribution in [3.63, 3.8) is 0 Å². The zero-order chi connectivity index (χ0) is 19.2. The lowest BCUT2D eigenvalue weighted by atomic mass is 9.83. The third-order valence-electron chi connectivity index (χ3n) is 5.10. The van der Waals surface area contributed by atoms with Crippen LogP contribution in [-0.2, 0) is 20.2 Å². The summed E-state index contributed by atoms with van der Waals surface area (Å²) < 4.78 is 72.0. The lowest BCUT2D eigenvalue weighted by Gasteiger charge is -2.51. The van der Waals surface area contributed by atoms with Gasteiger partial charge in [0.15, 0.2) is 17.5 Å². The van der Waals surface area contributed by atoms with E-state index in [-0.39, 0.29) is 16.5 Å². The van der Waals surface area contributed by atoms with Crippen molar-refractivity contribution in [1.82, 2.24) is 0 Å². The fraction of sp³-hybridized carbons (Fsp3) is 0.400. The molecule has 0 spiro atoms. The average Bonchev–Trinajstić information content (AvgIpc) is 2.67. The van der Waals surface area contributed by atoms with Gasteiger partial charge >= 0.3 is 5.97 Å². The highest BCUT2D eigenvalue weighted by Gasteiger charge is 2.53. The van der Waals surface area contributed by atoms with Crippen LogP contribution >= 0.6 is 0 Å². The van der Waals surface area contributed by atoms with Crippen molar-refractivity contribution >= 4 is 0 Å². The van der Waals surface area contributed by atoms with Crippen molar-refractivity contribution in [3.05, 3.63) is 59.2 Å². The number of fused-ring (bicyclic) bond motifs is 3. The van der Waals surface area contributed by atoms with Gasteiger partial charge in [-0.1, -0.05) is 25.5 Å². The Hall–Kier alpha value is -1.96. The van der Waals surface area contributed by atoms with Gasteiger partial charge in [-0.2, -0.15) is 0 Å². The molecule has 3 heterocycles. The molecule has 0 radical (unpaired) electrons. The molecule has 0 atom stereocenters. The van der Waals surface area contributed by atoms with Crippen LogP contribution in [0.25, 0.3) is 11.1 Å². The molecule has 0 amide bonds. The van der Waals surface area contributed by atoms with E-state index in [1.807, 2.05) is 0 Å². The molecule has 5 rings (SSSR count). The summed E-state index contributed by atoms with van der Waals surface area (Å²) in [4.78, 5) is 0. The summed E-state index contributed by atoms with van der Waals surface area (Å²) in [6.45, 7) is 3.40. The summed E-state index contributed by atoms with van der Waals surface area (Å²) in [5, 5.41) is 0. The van der Waals surface area contributed by atoms with Crippen LogP contribution in [-0.4, -0.2) is 19.8 Å². The Bertz CT molecular complexity index is 836. The summed E-state index contributed by atoms with van der Waals surface area (Å²) >= 11 is 0. The number of halogens is 4. The lowest BCUT2D eigenvalue weighted by molar-refractivity contribution is -0.480. The minimum Gasteiger partial charge on any atom is -0.323 e. The Morgan fingerprint density at radius 3 is 1.96 bits per heavy atom. The first-order valence-electron chi connectivity index (χ1n) is 8.75. The maximum atomic E-state index is 14.7. The summed E-state index contributed by atoms with van der Waals surface area (Å²) in [7, 11) is 0.